The fourth-order valence-corrected chi connectivity index (χ4v) is 2.65. The van der Waals surface area contributed by atoms with Crippen molar-refractivity contribution in [2.75, 3.05) is 18.5 Å². The summed E-state index contributed by atoms with van der Waals surface area (Å²) in [7, 11) is 0. The Morgan fingerprint density at radius 3 is 2.70 bits per heavy atom. The van der Waals surface area contributed by atoms with E-state index in [-0.39, 0.29) is 19.0 Å². The Hall–Kier alpha value is -2.70. The lowest BCUT2D eigenvalue weighted by atomic mass is 10.1. The first kappa shape index (κ1) is 19.1. The van der Waals surface area contributed by atoms with Crippen LogP contribution in [-0.4, -0.2) is 30.2 Å². The van der Waals surface area contributed by atoms with Gasteiger partial charge in [0.2, 0.25) is 0 Å². The summed E-state index contributed by atoms with van der Waals surface area (Å²) in [6.45, 7) is 2.04. The minimum atomic E-state index is -0.789. The molecule has 0 amide bonds. The van der Waals surface area contributed by atoms with Crippen molar-refractivity contribution in [2.45, 2.75) is 38.6 Å². The molecule has 3 rings (SSSR count). The van der Waals surface area contributed by atoms with Crippen LogP contribution in [0.1, 0.15) is 32.6 Å². The van der Waals surface area contributed by atoms with Crippen molar-refractivity contribution < 1.29 is 23.0 Å². The van der Waals surface area contributed by atoms with E-state index in [9.17, 15) is 13.6 Å². The van der Waals surface area contributed by atoms with Crippen LogP contribution in [0.3, 0.4) is 0 Å². The summed E-state index contributed by atoms with van der Waals surface area (Å²) >= 11 is 0. The molecule has 1 N–H and O–H groups in total. The van der Waals surface area contributed by atoms with Gasteiger partial charge in [-0.2, -0.15) is 0 Å². The second-order valence-corrected chi connectivity index (χ2v) is 6.34. The molecular weight excluding hydrogens is 354 g/mol. The SMILES string of the molecule is CCOC(=O)CCCOc1c(F)cc(-c2cccnc2NC2CC2)cc1F. The maximum absolute atomic E-state index is 14.4. The molecule has 1 heterocycles. The van der Waals surface area contributed by atoms with Gasteiger partial charge in [0.15, 0.2) is 17.4 Å². The highest BCUT2D eigenvalue weighted by molar-refractivity contribution is 5.76. The number of nitrogens with one attached hydrogen (secondary N) is 1. The van der Waals surface area contributed by atoms with Crippen molar-refractivity contribution >= 4 is 11.8 Å². The molecule has 0 spiro atoms. The lowest BCUT2D eigenvalue weighted by Gasteiger charge is -2.13. The highest BCUT2D eigenvalue weighted by atomic mass is 19.1. The fraction of sp³-hybridized carbons (Fsp3) is 0.400. The number of pyridine rings is 1. The average molecular weight is 376 g/mol. The van der Waals surface area contributed by atoms with Crippen molar-refractivity contribution in [3.8, 4) is 16.9 Å². The lowest BCUT2D eigenvalue weighted by molar-refractivity contribution is -0.143. The molecule has 1 saturated carbocycles. The average Bonchev–Trinajstić information content (AvgIpc) is 3.45. The first-order valence-corrected chi connectivity index (χ1v) is 9.08. The summed E-state index contributed by atoms with van der Waals surface area (Å²) in [6.07, 6.45) is 4.23. The highest BCUT2D eigenvalue weighted by Crippen LogP contribution is 2.34. The number of anilines is 1. The summed E-state index contributed by atoms with van der Waals surface area (Å²) < 4.78 is 38.8. The Morgan fingerprint density at radius 1 is 1.30 bits per heavy atom. The number of hydrogen-bond acceptors (Lipinski definition) is 5. The van der Waals surface area contributed by atoms with Crippen LogP contribution in [0.25, 0.3) is 11.1 Å². The zero-order valence-electron chi connectivity index (χ0n) is 15.1. The van der Waals surface area contributed by atoms with Crippen LogP contribution in [0.5, 0.6) is 5.75 Å². The van der Waals surface area contributed by atoms with Gasteiger partial charge < -0.3 is 14.8 Å². The largest absolute Gasteiger partial charge is 0.488 e. The number of aromatic nitrogens is 1. The molecule has 1 fully saturated rings. The van der Waals surface area contributed by atoms with Crippen LogP contribution in [0.15, 0.2) is 30.5 Å². The molecule has 0 saturated heterocycles. The second kappa shape index (κ2) is 8.79. The third-order valence-corrected chi connectivity index (χ3v) is 4.11. The maximum atomic E-state index is 14.4. The van der Waals surface area contributed by atoms with Gasteiger partial charge in [-0.05, 0) is 56.0 Å². The van der Waals surface area contributed by atoms with E-state index in [1.54, 1.807) is 25.3 Å². The molecule has 2 aromatic rings. The molecular formula is C20H22F2N2O3. The van der Waals surface area contributed by atoms with Gasteiger partial charge >= 0.3 is 5.97 Å². The van der Waals surface area contributed by atoms with E-state index in [4.69, 9.17) is 9.47 Å². The van der Waals surface area contributed by atoms with E-state index in [1.165, 1.54) is 12.1 Å². The zero-order valence-corrected chi connectivity index (χ0v) is 15.1. The first-order valence-electron chi connectivity index (χ1n) is 9.08. The molecule has 27 heavy (non-hydrogen) atoms. The third-order valence-electron chi connectivity index (χ3n) is 4.11. The molecule has 0 radical (unpaired) electrons. The van der Waals surface area contributed by atoms with Crippen molar-refractivity contribution in [3.63, 3.8) is 0 Å². The van der Waals surface area contributed by atoms with Gasteiger partial charge in [-0.3, -0.25) is 4.79 Å². The summed E-state index contributed by atoms with van der Waals surface area (Å²) in [5, 5.41) is 3.27. The quantitative estimate of drug-likeness (QED) is 0.522. The molecule has 144 valence electrons. The number of benzene rings is 1. The van der Waals surface area contributed by atoms with Crippen molar-refractivity contribution in [3.05, 3.63) is 42.1 Å². The van der Waals surface area contributed by atoms with Gasteiger partial charge in [-0.15, -0.1) is 0 Å². The number of rotatable bonds is 9. The maximum Gasteiger partial charge on any atom is 0.305 e. The van der Waals surface area contributed by atoms with E-state index in [0.29, 0.717) is 36.0 Å². The smallest absolute Gasteiger partial charge is 0.305 e. The lowest BCUT2D eigenvalue weighted by Crippen LogP contribution is -2.08. The van der Waals surface area contributed by atoms with Gasteiger partial charge in [-0.1, -0.05) is 0 Å². The van der Waals surface area contributed by atoms with Crippen molar-refractivity contribution in [1.82, 2.24) is 4.98 Å². The predicted octanol–water partition coefficient (Wildman–Crippen LogP) is 4.32. The Balaban J connectivity index is 1.69. The molecule has 1 aliphatic carbocycles. The van der Waals surface area contributed by atoms with Crippen LogP contribution in [0, 0.1) is 11.6 Å². The molecule has 0 atom stereocenters. The monoisotopic (exact) mass is 376 g/mol. The van der Waals surface area contributed by atoms with Crippen LogP contribution < -0.4 is 10.1 Å². The van der Waals surface area contributed by atoms with E-state index in [0.717, 1.165) is 12.8 Å². The molecule has 0 unspecified atom stereocenters. The van der Waals surface area contributed by atoms with Gasteiger partial charge in [0, 0.05) is 24.2 Å². The molecule has 1 aromatic heterocycles. The number of halogens is 2. The summed E-state index contributed by atoms with van der Waals surface area (Å²) in [5.41, 5.74) is 1.02. The Labute approximate surface area is 156 Å². The molecule has 7 heteroatoms. The van der Waals surface area contributed by atoms with E-state index < -0.39 is 17.4 Å². The highest BCUT2D eigenvalue weighted by Gasteiger charge is 2.23. The number of carbonyl (C=O) groups excluding carboxylic acids is 1. The molecule has 1 aromatic carbocycles. The standard InChI is InChI=1S/C20H22F2N2O3/c1-2-26-18(25)6-4-10-27-19-16(21)11-13(12-17(19)22)15-5-3-9-23-20(15)24-14-7-8-14/h3,5,9,11-12,14H,2,4,6-8,10H2,1H3,(H,23,24). The summed E-state index contributed by atoms with van der Waals surface area (Å²) in [6, 6.07) is 6.34. The zero-order chi connectivity index (χ0) is 19.2. The third kappa shape index (κ3) is 5.15. The first-order chi connectivity index (χ1) is 13.1. The minimum absolute atomic E-state index is 0.0212. The number of nitrogens with zero attached hydrogens (tertiary/aromatic N) is 1. The van der Waals surface area contributed by atoms with Gasteiger partial charge in [-0.25, -0.2) is 13.8 Å². The number of ether oxygens (including phenoxy) is 2. The second-order valence-electron chi connectivity index (χ2n) is 6.34. The normalized spacial score (nSPS) is 13.3. The molecule has 5 nitrogen and oxygen atoms in total. The Kier molecular flexibility index (Phi) is 6.21. The predicted molar refractivity (Wildman–Crippen MR) is 97.6 cm³/mol. The van der Waals surface area contributed by atoms with Crippen LogP contribution in [0.2, 0.25) is 0 Å². The van der Waals surface area contributed by atoms with E-state index in [2.05, 4.69) is 10.3 Å². The molecule has 0 bridgehead atoms. The summed E-state index contributed by atoms with van der Waals surface area (Å²) in [4.78, 5) is 15.5. The Morgan fingerprint density at radius 2 is 2.04 bits per heavy atom. The topological polar surface area (TPSA) is 60.5 Å². The van der Waals surface area contributed by atoms with Crippen LogP contribution in [0.4, 0.5) is 14.6 Å². The Bertz CT molecular complexity index is 787. The van der Waals surface area contributed by atoms with Gasteiger partial charge in [0.1, 0.15) is 5.82 Å². The molecule has 0 aliphatic heterocycles. The van der Waals surface area contributed by atoms with Gasteiger partial charge in [0.25, 0.3) is 0 Å². The molecule has 1 aliphatic rings. The van der Waals surface area contributed by atoms with Gasteiger partial charge in [0.05, 0.1) is 13.2 Å². The fourth-order valence-electron chi connectivity index (χ4n) is 2.65. The number of esters is 1. The van der Waals surface area contributed by atoms with Crippen molar-refractivity contribution in [2.24, 2.45) is 0 Å². The summed E-state index contributed by atoms with van der Waals surface area (Å²) in [5.74, 6) is -1.76. The van der Waals surface area contributed by atoms with Crippen molar-refractivity contribution in [1.29, 1.82) is 0 Å². The van der Waals surface area contributed by atoms with Crippen LogP contribution >= 0.6 is 0 Å². The van der Waals surface area contributed by atoms with E-state index >= 15 is 0 Å². The van der Waals surface area contributed by atoms with Crippen LogP contribution in [-0.2, 0) is 9.53 Å². The number of hydrogen-bond donors (Lipinski definition) is 1. The van der Waals surface area contributed by atoms with E-state index in [1.807, 2.05) is 0 Å². The number of carbonyl (C=O) groups is 1. The minimum Gasteiger partial charge on any atom is -0.488 e.